The van der Waals surface area contributed by atoms with Gasteiger partial charge in [0.25, 0.3) is 0 Å². The van der Waals surface area contributed by atoms with E-state index in [2.05, 4.69) is 15.3 Å². The second-order valence-electron chi connectivity index (χ2n) is 3.43. The summed E-state index contributed by atoms with van der Waals surface area (Å²) in [5.74, 6) is 0.361. The number of rotatable bonds is 2. The maximum atomic E-state index is 8.74. The lowest BCUT2D eigenvalue weighted by atomic mass is 10.2. The lowest BCUT2D eigenvalue weighted by Crippen LogP contribution is -2.00. The minimum atomic E-state index is 0.312. The molecule has 0 spiro atoms. The number of hydrogen-bond donors (Lipinski definition) is 1. The van der Waals surface area contributed by atoms with E-state index in [0.717, 1.165) is 11.3 Å². The number of nitriles is 1. The number of halogens is 1. The molecule has 1 aromatic heterocycles. The summed E-state index contributed by atoms with van der Waals surface area (Å²) in [5.41, 5.74) is 2.06. The first-order chi connectivity index (χ1) is 8.20. The Labute approximate surface area is 104 Å². The van der Waals surface area contributed by atoms with E-state index in [1.165, 1.54) is 6.20 Å². The molecule has 5 heteroatoms. The molecule has 1 N–H and O–H groups in total. The molecule has 84 valence electrons. The Balaban J connectivity index is 2.35. The maximum Gasteiger partial charge on any atom is 0.228 e. The molecule has 17 heavy (non-hydrogen) atoms. The molecule has 0 radical (unpaired) electrons. The Morgan fingerprint density at radius 3 is 2.88 bits per heavy atom. The van der Waals surface area contributed by atoms with Crippen LogP contribution < -0.4 is 5.32 Å². The molecular weight excluding hydrogens is 236 g/mol. The van der Waals surface area contributed by atoms with Crippen molar-refractivity contribution in [2.24, 2.45) is 0 Å². The average molecular weight is 245 g/mol. The number of nitrogens with zero attached hydrogens (tertiary/aromatic N) is 3. The van der Waals surface area contributed by atoms with Crippen molar-refractivity contribution in [2.45, 2.75) is 6.92 Å². The van der Waals surface area contributed by atoms with Gasteiger partial charge in [0.15, 0.2) is 0 Å². The summed E-state index contributed by atoms with van der Waals surface area (Å²) in [5, 5.41) is 12.3. The number of aromatic nitrogens is 2. The highest BCUT2D eigenvalue weighted by atomic mass is 35.5. The molecule has 2 rings (SSSR count). The van der Waals surface area contributed by atoms with Crippen LogP contribution in [0.25, 0.3) is 0 Å². The summed E-state index contributed by atoms with van der Waals surface area (Å²) in [6.07, 6.45) is 1.53. The first kappa shape index (κ1) is 11.4. The van der Waals surface area contributed by atoms with Crippen LogP contribution >= 0.6 is 11.6 Å². The number of hydrogen-bond acceptors (Lipinski definition) is 4. The summed E-state index contributed by atoms with van der Waals surface area (Å²) < 4.78 is 0. The monoisotopic (exact) mass is 244 g/mol. The molecule has 1 heterocycles. The molecule has 0 aliphatic carbocycles. The Hall–Kier alpha value is -2.12. The fourth-order valence-corrected chi connectivity index (χ4v) is 1.65. The van der Waals surface area contributed by atoms with Crippen LogP contribution in [0.2, 0.25) is 5.02 Å². The van der Waals surface area contributed by atoms with Gasteiger partial charge in [0, 0.05) is 6.20 Å². The molecule has 4 nitrogen and oxygen atoms in total. The molecule has 0 saturated heterocycles. The molecule has 2 aromatic rings. The summed E-state index contributed by atoms with van der Waals surface area (Å²) in [6, 6.07) is 9.09. The van der Waals surface area contributed by atoms with Gasteiger partial charge in [-0.05, 0) is 24.6 Å². The van der Waals surface area contributed by atoms with Crippen molar-refractivity contribution in [3.63, 3.8) is 0 Å². The van der Waals surface area contributed by atoms with Crippen LogP contribution in [-0.4, -0.2) is 9.97 Å². The van der Waals surface area contributed by atoms with Gasteiger partial charge < -0.3 is 5.32 Å². The van der Waals surface area contributed by atoms with Crippen LogP contribution in [0.4, 0.5) is 11.6 Å². The highest BCUT2D eigenvalue weighted by Crippen LogP contribution is 2.27. The maximum absolute atomic E-state index is 8.74. The van der Waals surface area contributed by atoms with Gasteiger partial charge in [-0.25, -0.2) is 9.97 Å². The third kappa shape index (κ3) is 2.52. The predicted octanol–water partition coefficient (Wildman–Crippen LogP) is 3.05. The second kappa shape index (κ2) is 4.81. The molecule has 0 fully saturated rings. The smallest absolute Gasteiger partial charge is 0.228 e. The fourth-order valence-electron chi connectivity index (χ4n) is 1.38. The lowest BCUT2D eigenvalue weighted by Gasteiger charge is -2.09. The first-order valence-corrected chi connectivity index (χ1v) is 5.34. The van der Waals surface area contributed by atoms with E-state index in [1.807, 2.05) is 25.1 Å². The molecule has 0 aliphatic rings. The fraction of sp³-hybridized carbons (Fsp3) is 0.0833. The summed E-state index contributed by atoms with van der Waals surface area (Å²) in [6.45, 7) is 1.93. The average Bonchev–Trinajstić information content (AvgIpc) is 2.34. The minimum Gasteiger partial charge on any atom is -0.323 e. The third-order valence-corrected chi connectivity index (χ3v) is 2.54. The van der Waals surface area contributed by atoms with Crippen molar-refractivity contribution in [2.75, 3.05) is 5.32 Å². The van der Waals surface area contributed by atoms with Crippen molar-refractivity contribution in [1.29, 1.82) is 5.26 Å². The van der Waals surface area contributed by atoms with Crippen molar-refractivity contribution < 1.29 is 0 Å². The van der Waals surface area contributed by atoms with Gasteiger partial charge in [-0.3, -0.25) is 0 Å². The molecule has 0 atom stereocenters. The van der Waals surface area contributed by atoms with Gasteiger partial charge >= 0.3 is 0 Å². The van der Waals surface area contributed by atoms with E-state index in [1.54, 1.807) is 12.1 Å². The summed E-state index contributed by atoms with van der Waals surface area (Å²) in [4.78, 5) is 8.06. The number of para-hydroxylation sites is 1. The minimum absolute atomic E-state index is 0.312. The third-order valence-electron chi connectivity index (χ3n) is 2.23. The van der Waals surface area contributed by atoms with E-state index < -0.39 is 0 Å². The van der Waals surface area contributed by atoms with Crippen LogP contribution in [0.3, 0.4) is 0 Å². The topological polar surface area (TPSA) is 61.6 Å². The van der Waals surface area contributed by atoms with Crippen molar-refractivity contribution in [1.82, 2.24) is 9.97 Å². The number of benzene rings is 1. The summed E-state index contributed by atoms with van der Waals surface area (Å²) in [7, 11) is 0. The lowest BCUT2D eigenvalue weighted by molar-refractivity contribution is 1.14. The Kier molecular flexibility index (Phi) is 3.22. The van der Waals surface area contributed by atoms with Crippen LogP contribution in [0.5, 0.6) is 0 Å². The van der Waals surface area contributed by atoms with E-state index in [9.17, 15) is 0 Å². The van der Waals surface area contributed by atoms with Gasteiger partial charge in [-0.1, -0.05) is 23.7 Å². The Morgan fingerprint density at radius 1 is 1.35 bits per heavy atom. The first-order valence-electron chi connectivity index (χ1n) is 4.96. The standard InChI is InChI=1S/C12H9ClN4/c1-8-3-2-4-10(13)11(8)17-12-15-6-5-9(7-14)16-12/h2-6H,1H3,(H,15,16,17). The van der Waals surface area contributed by atoms with Gasteiger partial charge in [0.05, 0.1) is 10.7 Å². The number of anilines is 2. The van der Waals surface area contributed by atoms with Crippen LogP contribution in [0.1, 0.15) is 11.3 Å². The van der Waals surface area contributed by atoms with Crippen molar-refractivity contribution >= 4 is 23.2 Å². The van der Waals surface area contributed by atoms with Gasteiger partial charge in [0.1, 0.15) is 11.8 Å². The van der Waals surface area contributed by atoms with E-state index in [0.29, 0.717) is 16.7 Å². The number of nitrogens with one attached hydrogen (secondary N) is 1. The van der Waals surface area contributed by atoms with Crippen LogP contribution in [0.15, 0.2) is 30.5 Å². The van der Waals surface area contributed by atoms with Crippen LogP contribution in [-0.2, 0) is 0 Å². The van der Waals surface area contributed by atoms with Gasteiger partial charge in [-0.2, -0.15) is 5.26 Å². The second-order valence-corrected chi connectivity index (χ2v) is 3.84. The zero-order chi connectivity index (χ0) is 12.3. The highest BCUT2D eigenvalue weighted by molar-refractivity contribution is 6.33. The Bertz CT molecular complexity index is 569. The largest absolute Gasteiger partial charge is 0.323 e. The van der Waals surface area contributed by atoms with Gasteiger partial charge in [0.2, 0.25) is 5.95 Å². The Morgan fingerprint density at radius 2 is 2.18 bits per heavy atom. The van der Waals surface area contributed by atoms with Crippen molar-refractivity contribution in [3.05, 3.63) is 46.7 Å². The normalized spacial score (nSPS) is 9.71. The van der Waals surface area contributed by atoms with E-state index >= 15 is 0 Å². The zero-order valence-corrected chi connectivity index (χ0v) is 9.86. The molecule has 0 aliphatic heterocycles. The van der Waals surface area contributed by atoms with Crippen molar-refractivity contribution in [3.8, 4) is 6.07 Å². The highest BCUT2D eigenvalue weighted by Gasteiger charge is 2.05. The molecule has 0 saturated carbocycles. The molecule has 0 bridgehead atoms. The SMILES string of the molecule is Cc1cccc(Cl)c1Nc1nccc(C#N)n1. The van der Waals surface area contributed by atoms with E-state index in [4.69, 9.17) is 16.9 Å². The zero-order valence-electron chi connectivity index (χ0n) is 9.11. The van der Waals surface area contributed by atoms with Gasteiger partial charge in [-0.15, -0.1) is 0 Å². The quantitative estimate of drug-likeness (QED) is 0.882. The molecular formula is C12H9ClN4. The van der Waals surface area contributed by atoms with Crippen LogP contribution in [0, 0.1) is 18.3 Å². The van der Waals surface area contributed by atoms with E-state index in [-0.39, 0.29) is 0 Å². The summed E-state index contributed by atoms with van der Waals surface area (Å²) >= 11 is 6.07. The number of aryl methyl sites for hydroxylation is 1. The molecule has 0 unspecified atom stereocenters. The predicted molar refractivity (Wildman–Crippen MR) is 66.2 cm³/mol. The molecule has 1 aromatic carbocycles. The molecule has 0 amide bonds.